The second kappa shape index (κ2) is 12.4. The van der Waals surface area contributed by atoms with Crippen LogP contribution in [0.15, 0.2) is 35.4 Å². The minimum Gasteiger partial charge on any atom is -0.493 e. The summed E-state index contributed by atoms with van der Waals surface area (Å²) >= 11 is 6.30. The Kier molecular flexibility index (Phi) is 9.68. The van der Waals surface area contributed by atoms with Crippen LogP contribution in [-0.4, -0.2) is 44.2 Å². The zero-order valence-corrected chi connectivity index (χ0v) is 19.7. The van der Waals surface area contributed by atoms with E-state index in [9.17, 15) is 14.4 Å². The van der Waals surface area contributed by atoms with Crippen molar-refractivity contribution in [3.63, 3.8) is 0 Å². The van der Waals surface area contributed by atoms with Gasteiger partial charge in [-0.25, -0.2) is 5.43 Å². The van der Waals surface area contributed by atoms with Crippen molar-refractivity contribution < 1.29 is 23.9 Å². The highest BCUT2D eigenvalue weighted by atomic mass is 35.5. The molecule has 33 heavy (non-hydrogen) atoms. The first-order valence-electron chi connectivity index (χ1n) is 10.2. The maximum Gasteiger partial charge on any atom is 0.329 e. The fourth-order valence-electron chi connectivity index (χ4n) is 2.77. The standard InChI is InChI=1S/C23H27ClN4O5/c1-5-8-25-22(30)23(31)28-26-12-16-10-17(24)21(19(11-16)32-4)33-13-20(29)27-18-7-6-14(2)9-15(18)3/h6-7,9-12H,5,8,13H2,1-4H3,(H,25,30)(H,27,29)(H,28,31)/b26-12-. The molecule has 0 fully saturated rings. The highest BCUT2D eigenvalue weighted by molar-refractivity contribution is 6.35. The monoisotopic (exact) mass is 474 g/mol. The Morgan fingerprint density at radius 2 is 1.88 bits per heavy atom. The molecule has 0 saturated heterocycles. The van der Waals surface area contributed by atoms with Crippen molar-refractivity contribution in [1.82, 2.24) is 10.7 Å². The van der Waals surface area contributed by atoms with E-state index >= 15 is 0 Å². The molecule has 0 atom stereocenters. The van der Waals surface area contributed by atoms with E-state index in [-0.39, 0.29) is 29.0 Å². The Bertz CT molecular complexity index is 1060. The van der Waals surface area contributed by atoms with E-state index in [2.05, 4.69) is 21.2 Å². The molecule has 0 aliphatic heterocycles. The second-order valence-corrected chi connectivity index (χ2v) is 7.55. The van der Waals surface area contributed by atoms with Gasteiger partial charge in [-0.1, -0.05) is 36.2 Å². The van der Waals surface area contributed by atoms with Gasteiger partial charge in [0.2, 0.25) is 0 Å². The number of halogens is 1. The summed E-state index contributed by atoms with van der Waals surface area (Å²) in [4.78, 5) is 35.5. The van der Waals surface area contributed by atoms with Crippen molar-refractivity contribution in [2.75, 3.05) is 25.6 Å². The third-order valence-electron chi connectivity index (χ3n) is 4.38. The molecular weight excluding hydrogens is 448 g/mol. The lowest BCUT2D eigenvalue weighted by Gasteiger charge is -2.14. The van der Waals surface area contributed by atoms with E-state index in [0.717, 1.165) is 11.1 Å². The van der Waals surface area contributed by atoms with Crippen LogP contribution in [0.5, 0.6) is 11.5 Å². The van der Waals surface area contributed by atoms with Gasteiger partial charge in [0.25, 0.3) is 5.91 Å². The van der Waals surface area contributed by atoms with Gasteiger partial charge >= 0.3 is 11.8 Å². The summed E-state index contributed by atoms with van der Waals surface area (Å²) in [5, 5.41) is 9.17. The molecule has 2 rings (SSSR count). The number of amides is 3. The van der Waals surface area contributed by atoms with E-state index in [4.69, 9.17) is 21.1 Å². The normalized spacial score (nSPS) is 10.6. The van der Waals surface area contributed by atoms with Crippen LogP contribution >= 0.6 is 11.6 Å². The van der Waals surface area contributed by atoms with Gasteiger partial charge in [-0.05, 0) is 49.6 Å². The molecule has 0 radical (unpaired) electrons. The maximum absolute atomic E-state index is 12.3. The summed E-state index contributed by atoms with van der Waals surface area (Å²) < 4.78 is 10.9. The van der Waals surface area contributed by atoms with Crippen LogP contribution < -0.4 is 25.5 Å². The van der Waals surface area contributed by atoms with Gasteiger partial charge in [0.05, 0.1) is 18.3 Å². The lowest BCUT2D eigenvalue weighted by Crippen LogP contribution is -2.38. The molecule has 3 N–H and O–H groups in total. The number of benzene rings is 2. The molecule has 0 unspecified atom stereocenters. The van der Waals surface area contributed by atoms with E-state index in [1.54, 1.807) is 6.07 Å². The van der Waals surface area contributed by atoms with Crippen molar-refractivity contribution >= 4 is 41.2 Å². The Balaban J connectivity index is 2.01. The summed E-state index contributed by atoms with van der Waals surface area (Å²) in [6.45, 7) is 5.87. The summed E-state index contributed by atoms with van der Waals surface area (Å²) in [7, 11) is 1.43. The van der Waals surface area contributed by atoms with Crippen LogP contribution in [0.4, 0.5) is 5.69 Å². The lowest BCUT2D eigenvalue weighted by molar-refractivity contribution is -0.139. The lowest BCUT2D eigenvalue weighted by atomic mass is 10.1. The fourth-order valence-corrected chi connectivity index (χ4v) is 3.04. The number of nitrogens with one attached hydrogen (secondary N) is 3. The largest absolute Gasteiger partial charge is 0.493 e. The van der Waals surface area contributed by atoms with Crippen molar-refractivity contribution in [3.8, 4) is 11.5 Å². The molecule has 176 valence electrons. The molecule has 0 heterocycles. The Labute approximate surface area is 197 Å². The number of carbonyl (C=O) groups is 3. The summed E-state index contributed by atoms with van der Waals surface area (Å²) in [6.07, 6.45) is 2.01. The average Bonchev–Trinajstić information content (AvgIpc) is 2.78. The summed E-state index contributed by atoms with van der Waals surface area (Å²) in [5.74, 6) is -1.54. The highest BCUT2D eigenvalue weighted by Gasteiger charge is 2.15. The van der Waals surface area contributed by atoms with Gasteiger partial charge in [0.1, 0.15) is 0 Å². The third-order valence-corrected chi connectivity index (χ3v) is 4.66. The van der Waals surface area contributed by atoms with E-state index in [1.807, 2.05) is 39.0 Å². The number of hydrazone groups is 1. The number of nitrogens with zero attached hydrogens (tertiary/aromatic N) is 1. The van der Waals surface area contributed by atoms with Crippen molar-refractivity contribution in [3.05, 3.63) is 52.0 Å². The topological polar surface area (TPSA) is 118 Å². The molecule has 10 heteroatoms. The van der Waals surface area contributed by atoms with Crippen LogP contribution in [0.25, 0.3) is 0 Å². The smallest absolute Gasteiger partial charge is 0.329 e. The SMILES string of the molecule is CCCNC(=O)C(=O)N/N=C\c1cc(Cl)c(OCC(=O)Nc2ccc(C)cc2C)c(OC)c1. The second-order valence-electron chi connectivity index (χ2n) is 7.14. The molecule has 0 bridgehead atoms. The fraction of sp³-hybridized carbons (Fsp3) is 0.304. The molecule has 2 aromatic carbocycles. The number of methoxy groups -OCH3 is 1. The first kappa shape index (κ1) is 25.7. The average molecular weight is 475 g/mol. The van der Waals surface area contributed by atoms with Crippen LogP contribution in [-0.2, 0) is 14.4 Å². The predicted molar refractivity (Wildman–Crippen MR) is 127 cm³/mol. The number of hydrogen-bond donors (Lipinski definition) is 3. The quantitative estimate of drug-likeness (QED) is 0.293. The minimum absolute atomic E-state index is 0.183. The van der Waals surface area contributed by atoms with Gasteiger partial charge in [0, 0.05) is 12.2 Å². The first-order valence-corrected chi connectivity index (χ1v) is 10.6. The number of ether oxygens (including phenoxy) is 2. The molecule has 3 amide bonds. The molecule has 0 spiro atoms. The summed E-state index contributed by atoms with van der Waals surface area (Å²) in [6, 6.07) is 8.79. The van der Waals surface area contributed by atoms with Crippen LogP contribution in [0.1, 0.15) is 30.0 Å². The summed E-state index contributed by atoms with van der Waals surface area (Å²) in [5.41, 5.74) is 5.36. The van der Waals surface area contributed by atoms with Gasteiger partial charge in [-0.3, -0.25) is 14.4 Å². The zero-order valence-electron chi connectivity index (χ0n) is 19.0. The Hall–Kier alpha value is -3.59. The Morgan fingerprint density at radius 3 is 2.55 bits per heavy atom. The molecule has 2 aromatic rings. The van der Waals surface area contributed by atoms with Crippen LogP contribution in [0.3, 0.4) is 0 Å². The maximum atomic E-state index is 12.3. The number of aryl methyl sites for hydroxylation is 2. The minimum atomic E-state index is -0.882. The van der Waals surface area contributed by atoms with Crippen LogP contribution in [0.2, 0.25) is 5.02 Å². The highest BCUT2D eigenvalue weighted by Crippen LogP contribution is 2.36. The Morgan fingerprint density at radius 1 is 1.12 bits per heavy atom. The van der Waals surface area contributed by atoms with Crippen molar-refractivity contribution in [2.24, 2.45) is 5.10 Å². The molecule has 0 saturated carbocycles. The molecule has 0 aliphatic carbocycles. The van der Waals surface area contributed by atoms with E-state index < -0.39 is 11.8 Å². The van der Waals surface area contributed by atoms with Crippen LogP contribution in [0, 0.1) is 13.8 Å². The van der Waals surface area contributed by atoms with Gasteiger partial charge in [-0.15, -0.1) is 0 Å². The molecular formula is C23H27ClN4O5. The number of rotatable bonds is 9. The molecule has 0 aromatic heterocycles. The molecule has 9 nitrogen and oxygen atoms in total. The number of hydrogen-bond acceptors (Lipinski definition) is 6. The van der Waals surface area contributed by atoms with E-state index in [0.29, 0.717) is 24.2 Å². The zero-order chi connectivity index (χ0) is 24.4. The number of anilines is 1. The van der Waals surface area contributed by atoms with Gasteiger partial charge in [-0.2, -0.15) is 5.10 Å². The van der Waals surface area contributed by atoms with Gasteiger partial charge < -0.3 is 20.1 Å². The molecule has 0 aliphatic rings. The van der Waals surface area contributed by atoms with Gasteiger partial charge in [0.15, 0.2) is 18.1 Å². The van der Waals surface area contributed by atoms with Crippen molar-refractivity contribution in [1.29, 1.82) is 0 Å². The third kappa shape index (κ3) is 7.80. The first-order chi connectivity index (χ1) is 15.7. The predicted octanol–water partition coefficient (Wildman–Crippen LogP) is 2.96. The number of carbonyl (C=O) groups excluding carboxylic acids is 3. The van der Waals surface area contributed by atoms with E-state index in [1.165, 1.54) is 19.4 Å². The van der Waals surface area contributed by atoms with Crippen molar-refractivity contribution in [2.45, 2.75) is 27.2 Å².